The minimum absolute atomic E-state index is 0.0216. The van der Waals surface area contributed by atoms with Gasteiger partial charge in [0, 0.05) is 33.0 Å². The van der Waals surface area contributed by atoms with Gasteiger partial charge in [-0.15, -0.1) is 11.8 Å². The van der Waals surface area contributed by atoms with Crippen LogP contribution in [0.1, 0.15) is 39.6 Å². The Morgan fingerprint density at radius 1 is 0.804 bits per heavy atom. The molecule has 0 aromatic heterocycles. The van der Waals surface area contributed by atoms with Gasteiger partial charge in [0.05, 0.1) is 19.5 Å². The number of para-hydroxylation sites is 1. The maximum absolute atomic E-state index is 13.6. The molecule has 0 radical (unpaired) electrons. The highest BCUT2D eigenvalue weighted by molar-refractivity contribution is 8.00. The Bertz CT molecular complexity index is 1740. The van der Waals surface area contributed by atoms with E-state index in [0.29, 0.717) is 46.0 Å². The number of primary amides is 1. The number of amides is 4. The number of benzene rings is 4. The van der Waals surface area contributed by atoms with E-state index in [-0.39, 0.29) is 11.6 Å². The first-order valence-electron chi connectivity index (χ1n) is 14.3. The molecule has 0 aliphatic heterocycles. The molecule has 0 spiro atoms. The number of methoxy groups -OCH3 is 2. The molecule has 0 bridgehead atoms. The van der Waals surface area contributed by atoms with Gasteiger partial charge in [-0.25, -0.2) is 0 Å². The third kappa shape index (κ3) is 8.76. The summed E-state index contributed by atoms with van der Waals surface area (Å²) in [5.74, 6) is -0.930. The fourth-order valence-corrected chi connectivity index (χ4v) is 5.41. The van der Waals surface area contributed by atoms with Crippen LogP contribution in [-0.2, 0) is 9.59 Å². The molecule has 1 atom stereocenters. The number of thioether (sulfide) groups is 1. The molecule has 4 aromatic carbocycles. The quantitative estimate of drug-likeness (QED) is 0.108. The zero-order valence-electron chi connectivity index (χ0n) is 25.5. The molecular weight excluding hydrogens is 604 g/mol. The Kier molecular flexibility index (Phi) is 11.6. The van der Waals surface area contributed by atoms with E-state index in [2.05, 4.69) is 16.0 Å². The molecule has 4 rings (SSSR count). The number of nitrogens with one attached hydrogen (secondary N) is 3. The van der Waals surface area contributed by atoms with E-state index in [1.807, 2.05) is 13.0 Å². The topological polar surface area (TPSA) is 149 Å². The van der Waals surface area contributed by atoms with Crippen molar-refractivity contribution in [2.24, 2.45) is 5.73 Å². The van der Waals surface area contributed by atoms with Crippen LogP contribution in [0.5, 0.6) is 11.5 Å². The lowest BCUT2D eigenvalue weighted by Crippen LogP contribution is -2.30. The van der Waals surface area contributed by atoms with Crippen LogP contribution in [-0.4, -0.2) is 43.1 Å². The van der Waals surface area contributed by atoms with Crippen molar-refractivity contribution in [3.8, 4) is 11.5 Å². The normalized spacial score (nSPS) is 11.6. The van der Waals surface area contributed by atoms with Crippen molar-refractivity contribution in [2.45, 2.75) is 23.5 Å². The fraction of sp³-hybridized carbons (Fsp3) is 0.143. The summed E-state index contributed by atoms with van der Waals surface area (Å²) in [5, 5.41) is 8.00. The van der Waals surface area contributed by atoms with Crippen molar-refractivity contribution in [1.29, 1.82) is 0 Å². The van der Waals surface area contributed by atoms with Gasteiger partial charge in [0.1, 0.15) is 5.70 Å². The number of carbonyl (C=O) groups is 4. The maximum Gasteiger partial charge on any atom is 0.272 e. The summed E-state index contributed by atoms with van der Waals surface area (Å²) in [6.07, 6.45) is 2.05. The van der Waals surface area contributed by atoms with Crippen molar-refractivity contribution in [1.82, 2.24) is 5.32 Å². The van der Waals surface area contributed by atoms with Crippen LogP contribution in [0.25, 0.3) is 6.08 Å². The van der Waals surface area contributed by atoms with Gasteiger partial charge < -0.3 is 31.2 Å². The van der Waals surface area contributed by atoms with Crippen molar-refractivity contribution in [2.75, 3.05) is 24.9 Å². The molecule has 1 unspecified atom stereocenters. The van der Waals surface area contributed by atoms with Gasteiger partial charge >= 0.3 is 0 Å². The minimum atomic E-state index is -0.569. The van der Waals surface area contributed by atoms with E-state index in [4.69, 9.17) is 15.2 Å². The molecular formula is C35H34N4O6S. The van der Waals surface area contributed by atoms with E-state index in [0.717, 1.165) is 4.90 Å². The predicted octanol–water partition coefficient (Wildman–Crippen LogP) is 5.72. The molecule has 11 heteroatoms. The lowest BCUT2D eigenvalue weighted by molar-refractivity contribution is -0.116. The Morgan fingerprint density at radius 3 is 2.17 bits per heavy atom. The molecule has 46 heavy (non-hydrogen) atoms. The minimum Gasteiger partial charge on any atom is -0.493 e. The monoisotopic (exact) mass is 638 g/mol. The molecule has 10 nitrogen and oxygen atoms in total. The van der Waals surface area contributed by atoms with Crippen molar-refractivity contribution < 1.29 is 28.7 Å². The van der Waals surface area contributed by atoms with Crippen molar-refractivity contribution in [3.05, 3.63) is 119 Å². The SMILES string of the molecule is CCC(Sc1cccc(NC(=O)/C(=C\c2cccc(OC)c2OC)NC(=O)c2ccccc2)c1)C(=O)Nc1ccc(C(N)=O)cc1. The maximum atomic E-state index is 13.6. The largest absolute Gasteiger partial charge is 0.493 e. The highest BCUT2D eigenvalue weighted by Gasteiger charge is 2.20. The molecule has 236 valence electrons. The number of rotatable bonds is 13. The van der Waals surface area contributed by atoms with Gasteiger partial charge in [-0.05, 0) is 73.2 Å². The second-order valence-corrected chi connectivity index (χ2v) is 11.2. The highest BCUT2D eigenvalue weighted by Crippen LogP contribution is 2.32. The van der Waals surface area contributed by atoms with Crippen LogP contribution in [0.4, 0.5) is 11.4 Å². The smallest absolute Gasteiger partial charge is 0.272 e. The Labute approximate surface area is 271 Å². The summed E-state index contributed by atoms with van der Waals surface area (Å²) in [7, 11) is 3.00. The van der Waals surface area contributed by atoms with Crippen LogP contribution in [0, 0.1) is 0 Å². The van der Waals surface area contributed by atoms with Crippen LogP contribution in [0.15, 0.2) is 108 Å². The van der Waals surface area contributed by atoms with Gasteiger partial charge in [0.15, 0.2) is 11.5 Å². The first-order chi connectivity index (χ1) is 22.2. The molecule has 4 amide bonds. The lowest BCUT2D eigenvalue weighted by Gasteiger charge is -2.16. The number of nitrogens with two attached hydrogens (primary N) is 1. The van der Waals surface area contributed by atoms with Crippen LogP contribution < -0.4 is 31.2 Å². The molecule has 4 aromatic rings. The third-order valence-electron chi connectivity index (χ3n) is 6.73. The predicted molar refractivity (Wildman–Crippen MR) is 180 cm³/mol. The highest BCUT2D eigenvalue weighted by atomic mass is 32.2. The number of hydrogen-bond acceptors (Lipinski definition) is 7. The zero-order chi connectivity index (χ0) is 33.1. The number of ether oxygens (including phenoxy) is 2. The summed E-state index contributed by atoms with van der Waals surface area (Å²) in [6, 6.07) is 27.2. The van der Waals surface area contributed by atoms with Gasteiger partial charge in [-0.2, -0.15) is 0 Å². The molecule has 0 saturated heterocycles. The van der Waals surface area contributed by atoms with E-state index < -0.39 is 23.0 Å². The summed E-state index contributed by atoms with van der Waals surface area (Å²) in [5.41, 5.74) is 7.52. The summed E-state index contributed by atoms with van der Waals surface area (Å²) in [6.45, 7) is 1.90. The lowest BCUT2D eigenvalue weighted by atomic mass is 10.1. The second kappa shape index (κ2) is 16.0. The molecule has 0 aliphatic carbocycles. The van der Waals surface area contributed by atoms with E-state index in [1.165, 1.54) is 32.1 Å². The molecule has 0 aliphatic rings. The first kappa shape index (κ1) is 33.3. The number of anilines is 2. The average molecular weight is 639 g/mol. The Hall–Kier alpha value is -5.55. The first-order valence-corrected chi connectivity index (χ1v) is 15.2. The Morgan fingerprint density at radius 2 is 1.52 bits per heavy atom. The van der Waals surface area contributed by atoms with Gasteiger partial charge in [0.25, 0.3) is 11.8 Å². The zero-order valence-corrected chi connectivity index (χ0v) is 26.4. The van der Waals surface area contributed by atoms with E-state index in [9.17, 15) is 19.2 Å². The van der Waals surface area contributed by atoms with E-state index in [1.54, 1.807) is 91.0 Å². The van der Waals surface area contributed by atoms with E-state index >= 15 is 0 Å². The van der Waals surface area contributed by atoms with Crippen LogP contribution in [0.2, 0.25) is 0 Å². The fourth-order valence-electron chi connectivity index (χ4n) is 4.40. The summed E-state index contributed by atoms with van der Waals surface area (Å²) < 4.78 is 10.9. The second-order valence-electron chi connectivity index (χ2n) is 9.89. The average Bonchev–Trinajstić information content (AvgIpc) is 3.07. The molecule has 0 saturated carbocycles. The number of carbonyl (C=O) groups excluding carboxylic acids is 4. The third-order valence-corrected chi connectivity index (χ3v) is 8.09. The van der Waals surface area contributed by atoms with Crippen molar-refractivity contribution in [3.63, 3.8) is 0 Å². The van der Waals surface area contributed by atoms with Gasteiger partial charge in [-0.3, -0.25) is 19.2 Å². The molecule has 0 fully saturated rings. The number of hydrogen-bond donors (Lipinski definition) is 4. The van der Waals surface area contributed by atoms with Gasteiger partial charge in [-0.1, -0.05) is 43.3 Å². The summed E-state index contributed by atoms with van der Waals surface area (Å²) >= 11 is 1.34. The van der Waals surface area contributed by atoms with Crippen LogP contribution >= 0.6 is 11.8 Å². The van der Waals surface area contributed by atoms with Gasteiger partial charge in [0.2, 0.25) is 11.8 Å². The van der Waals surface area contributed by atoms with Crippen molar-refractivity contribution >= 4 is 52.8 Å². The summed E-state index contributed by atoms with van der Waals surface area (Å²) in [4.78, 5) is 51.9. The molecule has 5 N–H and O–H groups in total. The molecule has 0 heterocycles. The Balaban J connectivity index is 1.54. The van der Waals surface area contributed by atoms with Crippen LogP contribution in [0.3, 0.4) is 0 Å². The standard InChI is InChI=1S/C35H34N4O6S/c1-4-30(35(43)37-25-18-16-22(17-19-25)32(36)40)46-27-14-9-13-26(21-27)38-34(42)28(39-33(41)23-10-6-5-7-11-23)20-24-12-8-15-29(44-2)31(24)45-3/h5-21,30H,4H2,1-3H3,(H2,36,40)(H,37,43)(H,38,42)(H,39,41)/b28-20+.